The molecule has 0 aliphatic carbocycles. The fourth-order valence-electron chi connectivity index (χ4n) is 1.51. The molecule has 0 radical (unpaired) electrons. The smallest absolute Gasteiger partial charge is 0.303 e. The van der Waals surface area contributed by atoms with Gasteiger partial charge in [0, 0.05) is 17.9 Å². The third-order valence-electron chi connectivity index (χ3n) is 2.31. The zero-order chi connectivity index (χ0) is 13.0. The minimum atomic E-state index is -0.885. The van der Waals surface area contributed by atoms with E-state index in [4.69, 9.17) is 21.2 Å². The highest BCUT2D eigenvalue weighted by Gasteiger charge is 2.09. The Hall–Kier alpha value is -1.88. The van der Waals surface area contributed by atoms with E-state index in [1.807, 2.05) is 18.2 Å². The van der Waals surface area contributed by atoms with Crippen LogP contribution in [0.15, 0.2) is 28.8 Å². The van der Waals surface area contributed by atoms with Crippen LogP contribution in [0.25, 0.3) is 0 Å². The monoisotopic (exact) mass is 266 g/mol. The van der Waals surface area contributed by atoms with E-state index in [2.05, 4.69) is 10.1 Å². The molecule has 0 fully saturated rings. The van der Waals surface area contributed by atoms with Gasteiger partial charge in [0.15, 0.2) is 5.82 Å². The van der Waals surface area contributed by atoms with Gasteiger partial charge in [-0.3, -0.25) is 4.79 Å². The second kappa shape index (κ2) is 5.64. The number of halogens is 1. The molecule has 94 valence electrons. The van der Waals surface area contributed by atoms with Crippen molar-refractivity contribution in [3.63, 3.8) is 0 Å². The maximum atomic E-state index is 10.4. The van der Waals surface area contributed by atoms with Crippen molar-refractivity contribution in [2.75, 3.05) is 0 Å². The largest absolute Gasteiger partial charge is 0.481 e. The molecule has 0 spiro atoms. The topological polar surface area (TPSA) is 76.2 Å². The molecule has 0 saturated heterocycles. The van der Waals surface area contributed by atoms with Crippen LogP contribution in [0.5, 0.6) is 0 Å². The van der Waals surface area contributed by atoms with Gasteiger partial charge in [-0.25, -0.2) is 0 Å². The van der Waals surface area contributed by atoms with Crippen LogP contribution in [-0.4, -0.2) is 21.2 Å². The van der Waals surface area contributed by atoms with Gasteiger partial charge in [0.2, 0.25) is 5.89 Å². The molecule has 0 amide bonds. The van der Waals surface area contributed by atoms with Gasteiger partial charge < -0.3 is 9.63 Å². The molecule has 2 aromatic rings. The Kier molecular flexibility index (Phi) is 3.94. The van der Waals surface area contributed by atoms with Crippen molar-refractivity contribution in [2.24, 2.45) is 0 Å². The Morgan fingerprint density at radius 2 is 2.28 bits per heavy atom. The number of hydrogen-bond donors (Lipinski definition) is 1. The number of carboxylic acid groups (broad SMARTS) is 1. The number of carbonyl (C=O) groups is 1. The number of aliphatic carboxylic acids is 1. The third-order valence-corrected chi connectivity index (χ3v) is 2.55. The van der Waals surface area contributed by atoms with Crippen LogP contribution in [0.3, 0.4) is 0 Å². The number of nitrogens with zero attached hydrogens (tertiary/aromatic N) is 2. The van der Waals surface area contributed by atoms with Gasteiger partial charge >= 0.3 is 5.97 Å². The standard InChI is InChI=1S/C12H11ClN2O3/c13-9-3-1-2-8(6-9)7-10-14-11(18-15-10)4-5-12(16)17/h1-3,6H,4-5,7H2,(H,16,17). The highest BCUT2D eigenvalue weighted by atomic mass is 35.5. The third kappa shape index (κ3) is 3.56. The molecule has 18 heavy (non-hydrogen) atoms. The van der Waals surface area contributed by atoms with Gasteiger partial charge in [0.1, 0.15) is 0 Å². The molecule has 1 N–H and O–H groups in total. The van der Waals surface area contributed by atoms with Crippen LogP contribution in [-0.2, 0) is 17.6 Å². The maximum absolute atomic E-state index is 10.4. The molecular formula is C12H11ClN2O3. The first-order chi connectivity index (χ1) is 8.63. The lowest BCUT2D eigenvalue weighted by molar-refractivity contribution is -0.137. The lowest BCUT2D eigenvalue weighted by Gasteiger charge is -1.96. The van der Waals surface area contributed by atoms with E-state index in [0.29, 0.717) is 23.2 Å². The van der Waals surface area contributed by atoms with Gasteiger partial charge in [-0.15, -0.1) is 0 Å². The summed E-state index contributed by atoms with van der Waals surface area (Å²) >= 11 is 5.87. The number of aryl methyl sites for hydroxylation is 1. The van der Waals surface area contributed by atoms with Crippen LogP contribution < -0.4 is 0 Å². The Bertz CT molecular complexity index is 554. The van der Waals surface area contributed by atoms with Crippen LogP contribution in [0.1, 0.15) is 23.7 Å². The van der Waals surface area contributed by atoms with E-state index >= 15 is 0 Å². The fraction of sp³-hybridized carbons (Fsp3) is 0.250. The van der Waals surface area contributed by atoms with Crippen molar-refractivity contribution in [2.45, 2.75) is 19.3 Å². The average Bonchev–Trinajstić information content (AvgIpc) is 2.74. The van der Waals surface area contributed by atoms with Gasteiger partial charge in [0.25, 0.3) is 0 Å². The molecule has 0 aliphatic heterocycles. The highest BCUT2D eigenvalue weighted by molar-refractivity contribution is 6.30. The highest BCUT2D eigenvalue weighted by Crippen LogP contribution is 2.13. The van der Waals surface area contributed by atoms with Crippen molar-refractivity contribution in [3.05, 3.63) is 46.6 Å². The fourth-order valence-corrected chi connectivity index (χ4v) is 1.72. The first kappa shape index (κ1) is 12.6. The van der Waals surface area contributed by atoms with E-state index in [0.717, 1.165) is 5.56 Å². The quantitative estimate of drug-likeness (QED) is 0.899. The second-order valence-corrected chi connectivity index (χ2v) is 4.24. The molecule has 1 aromatic carbocycles. The van der Waals surface area contributed by atoms with E-state index in [-0.39, 0.29) is 12.8 Å². The van der Waals surface area contributed by atoms with Gasteiger partial charge in [0.05, 0.1) is 6.42 Å². The van der Waals surface area contributed by atoms with E-state index in [9.17, 15) is 4.79 Å². The van der Waals surface area contributed by atoms with Gasteiger partial charge in [-0.1, -0.05) is 28.9 Å². The lowest BCUT2D eigenvalue weighted by Crippen LogP contribution is -1.98. The zero-order valence-corrected chi connectivity index (χ0v) is 10.2. The Labute approximate surface area is 108 Å². The van der Waals surface area contributed by atoms with E-state index in [1.165, 1.54) is 0 Å². The number of hydrogen-bond acceptors (Lipinski definition) is 4. The molecule has 0 bridgehead atoms. The molecule has 0 aliphatic rings. The molecule has 1 aromatic heterocycles. The summed E-state index contributed by atoms with van der Waals surface area (Å²) in [6, 6.07) is 7.39. The summed E-state index contributed by atoms with van der Waals surface area (Å²) in [5.41, 5.74) is 0.980. The van der Waals surface area contributed by atoms with Crippen LogP contribution in [0.2, 0.25) is 5.02 Å². The number of benzene rings is 1. The average molecular weight is 267 g/mol. The number of aromatic nitrogens is 2. The predicted octanol–water partition coefficient (Wildman–Crippen LogP) is 2.33. The first-order valence-electron chi connectivity index (χ1n) is 5.41. The van der Waals surface area contributed by atoms with Crippen LogP contribution in [0, 0.1) is 0 Å². The molecule has 0 atom stereocenters. The van der Waals surface area contributed by atoms with E-state index < -0.39 is 5.97 Å². The summed E-state index contributed by atoms with van der Waals surface area (Å²) in [5, 5.41) is 13.0. The van der Waals surface area contributed by atoms with Crippen LogP contribution in [0.4, 0.5) is 0 Å². The SMILES string of the molecule is O=C(O)CCc1nc(Cc2cccc(Cl)c2)no1. The second-order valence-electron chi connectivity index (χ2n) is 3.80. The zero-order valence-electron chi connectivity index (χ0n) is 9.47. The van der Waals surface area contributed by atoms with Crippen molar-refractivity contribution in [1.29, 1.82) is 0 Å². The molecule has 2 rings (SSSR count). The summed E-state index contributed by atoms with van der Waals surface area (Å²) in [4.78, 5) is 14.5. The molecule has 0 saturated carbocycles. The van der Waals surface area contributed by atoms with Gasteiger partial charge in [-0.05, 0) is 17.7 Å². The Balaban J connectivity index is 2.00. The lowest BCUT2D eigenvalue weighted by atomic mass is 10.1. The normalized spacial score (nSPS) is 10.5. The molecule has 0 unspecified atom stereocenters. The molecular weight excluding hydrogens is 256 g/mol. The molecule has 6 heteroatoms. The summed E-state index contributed by atoms with van der Waals surface area (Å²) < 4.78 is 4.96. The molecule has 1 heterocycles. The Morgan fingerprint density at radius 3 is 3.00 bits per heavy atom. The van der Waals surface area contributed by atoms with Gasteiger partial charge in [-0.2, -0.15) is 4.98 Å². The summed E-state index contributed by atoms with van der Waals surface area (Å²) in [5.74, 6) is -0.0170. The van der Waals surface area contributed by atoms with Crippen LogP contribution >= 0.6 is 11.6 Å². The first-order valence-corrected chi connectivity index (χ1v) is 5.79. The van der Waals surface area contributed by atoms with Crippen molar-refractivity contribution in [1.82, 2.24) is 10.1 Å². The summed E-state index contributed by atoms with van der Waals surface area (Å²) in [7, 11) is 0. The van der Waals surface area contributed by atoms with Crippen molar-refractivity contribution >= 4 is 17.6 Å². The van der Waals surface area contributed by atoms with Crippen molar-refractivity contribution in [3.8, 4) is 0 Å². The minimum Gasteiger partial charge on any atom is -0.481 e. The molecule has 5 nitrogen and oxygen atoms in total. The van der Waals surface area contributed by atoms with E-state index in [1.54, 1.807) is 6.07 Å². The predicted molar refractivity (Wildman–Crippen MR) is 64.5 cm³/mol. The number of carboxylic acids is 1. The summed E-state index contributed by atoms with van der Waals surface area (Å²) in [6.07, 6.45) is 0.744. The summed E-state index contributed by atoms with van der Waals surface area (Å²) in [6.45, 7) is 0. The maximum Gasteiger partial charge on any atom is 0.303 e. The van der Waals surface area contributed by atoms with Crippen molar-refractivity contribution < 1.29 is 14.4 Å². The number of rotatable bonds is 5. The Morgan fingerprint density at radius 1 is 1.44 bits per heavy atom. The minimum absolute atomic E-state index is 0.0151.